The summed E-state index contributed by atoms with van der Waals surface area (Å²) in [6.45, 7) is 3.77. The van der Waals surface area contributed by atoms with Crippen molar-refractivity contribution in [1.82, 2.24) is 4.98 Å². The summed E-state index contributed by atoms with van der Waals surface area (Å²) < 4.78 is 0.984. The summed E-state index contributed by atoms with van der Waals surface area (Å²) in [5.41, 5.74) is 8.39. The van der Waals surface area contributed by atoms with Crippen molar-refractivity contribution in [3.05, 3.63) is 44.2 Å². The number of hydrogen-bond donors (Lipinski definition) is 1. The molecule has 0 fully saturated rings. The van der Waals surface area contributed by atoms with Crippen LogP contribution in [0.3, 0.4) is 0 Å². The van der Waals surface area contributed by atoms with Gasteiger partial charge in [0.1, 0.15) is 5.82 Å². The first-order valence-electron chi connectivity index (χ1n) is 6.38. The summed E-state index contributed by atoms with van der Waals surface area (Å²) in [6, 6.07) is 4.67. The van der Waals surface area contributed by atoms with Crippen molar-refractivity contribution < 1.29 is 0 Å². The third kappa shape index (κ3) is 2.30. The van der Waals surface area contributed by atoms with E-state index in [-0.39, 0.29) is 0 Å². The van der Waals surface area contributed by atoms with Crippen molar-refractivity contribution in [2.24, 2.45) is 5.73 Å². The van der Waals surface area contributed by atoms with Crippen LogP contribution in [0.5, 0.6) is 0 Å². The van der Waals surface area contributed by atoms with Crippen molar-refractivity contribution in [3.8, 4) is 0 Å². The summed E-state index contributed by atoms with van der Waals surface area (Å²) in [5, 5.41) is 2.18. The molecule has 2 aromatic heterocycles. The predicted molar refractivity (Wildman–Crippen MR) is 83.6 cm³/mol. The van der Waals surface area contributed by atoms with Crippen LogP contribution in [0, 0.1) is 0 Å². The maximum atomic E-state index is 5.86. The summed E-state index contributed by atoms with van der Waals surface area (Å²) in [5.74, 6) is 1.02. The molecule has 1 unspecified atom stereocenters. The highest BCUT2D eigenvalue weighted by Gasteiger charge is 2.26. The van der Waals surface area contributed by atoms with Crippen LogP contribution in [0.4, 0.5) is 5.82 Å². The fourth-order valence-corrected chi connectivity index (χ4v) is 4.02. The Morgan fingerprint density at radius 2 is 2.42 bits per heavy atom. The van der Waals surface area contributed by atoms with Gasteiger partial charge in [-0.1, -0.05) is 0 Å². The summed E-state index contributed by atoms with van der Waals surface area (Å²) in [4.78, 5) is 8.46. The number of pyridine rings is 1. The average Bonchev–Trinajstić information content (AvgIpc) is 2.89. The van der Waals surface area contributed by atoms with E-state index in [4.69, 9.17) is 5.73 Å². The molecule has 1 aliphatic rings. The van der Waals surface area contributed by atoms with Gasteiger partial charge in [0.15, 0.2) is 0 Å². The van der Waals surface area contributed by atoms with Crippen molar-refractivity contribution >= 4 is 33.1 Å². The quantitative estimate of drug-likeness (QED) is 0.911. The number of nitrogens with zero attached hydrogens (tertiary/aromatic N) is 2. The average molecular weight is 338 g/mol. The third-order valence-corrected chi connectivity index (χ3v) is 5.11. The number of hydrogen-bond acceptors (Lipinski definition) is 4. The fraction of sp³-hybridized carbons (Fsp3) is 0.357. The molecule has 19 heavy (non-hydrogen) atoms. The van der Waals surface area contributed by atoms with Crippen molar-refractivity contribution in [1.29, 1.82) is 0 Å². The number of anilines is 1. The molecule has 0 aromatic carbocycles. The van der Waals surface area contributed by atoms with Crippen LogP contribution >= 0.6 is 27.3 Å². The number of rotatable bonds is 2. The molecule has 0 bridgehead atoms. The maximum Gasteiger partial charge on any atom is 0.133 e. The molecule has 0 radical (unpaired) electrons. The Morgan fingerprint density at radius 3 is 3.21 bits per heavy atom. The Kier molecular flexibility index (Phi) is 3.60. The van der Waals surface area contributed by atoms with Gasteiger partial charge in [-0.15, -0.1) is 11.3 Å². The second kappa shape index (κ2) is 5.23. The molecule has 3 nitrogen and oxygen atoms in total. The first-order chi connectivity index (χ1) is 9.20. The Bertz CT molecular complexity index is 596. The van der Waals surface area contributed by atoms with E-state index in [9.17, 15) is 0 Å². The van der Waals surface area contributed by atoms with E-state index in [1.165, 1.54) is 10.4 Å². The first kappa shape index (κ1) is 13.1. The molecular formula is C14H16BrN3S. The minimum Gasteiger partial charge on any atom is -0.349 e. The lowest BCUT2D eigenvalue weighted by Crippen LogP contribution is -2.34. The van der Waals surface area contributed by atoms with Crippen molar-refractivity contribution in [2.75, 3.05) is 11.4 Å². The van der Waals surface area contributed by atoms with Gasteiger partial charge in [0, 0.05) is 34.2 Å². The number of thiophene rings is 1. The van der Waals surface area contributed by atoms with Crippen molar-refractivity contribution in [2.45, 2.75) is 25.9 Å². The lowest BCUT2D eigenvalue weighted by Gasteiger charge is -2.35. The monoisotopic (exact) mass is 337 g/mol. The molecule has 0 aliphatic carbocycles. The SMILES string of the molecule is CC1c2ccsc2CCN1c1ncc(Br)cc1CN. The van der Waals surface area contributed by atoms with Crippen LogP contribution in [0.15, 0.2) is 28.2 Å². The van der Waals surface area contributed by atoms with E-state index >= 15 is 0 Å². The summed E-state index contributed by atoms with van der Waals surface area (Å²) in [6.07, 6.45) is 2.95. The van der Waals surface area contributed by atoms with E-state index in [2.05, 4.69) is 50.3 Å². The van der Waals surface area contributed by atoms with Gasteiger partial charge >= 0.3 is 0 Å². The standard InChI is InChI=1S/C14H16BrN3S/c1-9-12-3-5-19-13(12)2-4-18(9)14-10(7-16)6-11(15)8-17-14/h3,5-6,8-9H,2,4,7,16H2,1H3. The molecule has 5 heteroatoms. The Morgan fingerprint density at radius 1 is 1.58 bits per heavy atom. The van der Waals surface area contributed by atoms with Crippen molar-refractivity contribution in [3.63, 3.8) is 0 Å². The second-order valence-corrected chi connectivity index (χ2v) is 6.68. The first-order valence-corrected chi connectivity index (χ1v) is 8.05. The van der Waals surface area contributed by atoms with Crippen LogP contribution in [0.25, 0.3) is 0 Å². The van der Waals surface area contributed by atoms with Gasteiger partial charge in [0.2, 0.25) is 0 Å². The molecule has 0 amide bonds. The van der Waals surface area contributed by atoms with E-state index in [1.807, 2.05) is 17.5 Å². The highest BCUT2D eigenvalue weighted by Crippen LogP contribution is 2.36. The fourth-order valence-electron chi connectivity index (χ4n) is 2.68. The highest BCUT2D eigenvalue weighted by atomic mass is 79.9. The Hall–Kier alpha value is -0.910. The smallest absolute Gasteiger partial charge is 0.133 e. The van der Waals surface area contributed by atoms with Gasteiger partial charge in [0.25, 0.3) is 0 Å². The van der Waals surface area contributed by atoms with Crippen LogP contribution in [0.1, 0.15) is 29.0 Å². The molecule has 1 aliphatic heterocycles. The van der Waals surface area contributed by atoms with Crippen LogP contribution in [-0.2, 0) is 13.0 Å². The number of aromatic nitrogens is 1. The predicted octanol–water partition coefficient (Wildman–Crippen LogP) is 3.49. The molecular weight excluding hydrogens is 322 g/mol. The number of nitrogens with two attached hydrogens (primary N) is 1. The molecule has 0 saturated heterocycles. The van der Waals surface area contributed by atoms with Gasteiger partial charge in [-0.2, -0.15) is 0 Å². The van der Waals surface area contributed by atoms with E-state index in [1.54, 1.807) is 0 Å². The normalized spacial score (nSPS) is 18.5. The zero-order chi connectivity index (χ0) is 13.4. The van der Waals surface area contributed by atoms with Crippen LogP contribution < -0.4 is 10.6 Å². The largest absolute Gasteiger partial charge is 0.349 e. The molecule has 2 aromatic rings. The minimum atomic E-state index is 0.369. The Balaban J connectivity index is 2.00. The third-order valence-electron chi connectivity index (χ3n) is 3.68. The van der Waals surface area contributed by atoms with Gasteiger partial charge < -0.3 is 10.6 Å². The molecule has 3 rings (SSSR count). The lowest BCUT2D eigenvalue weighted by atomic mass is 10.0. The zero-order valence-corrected chi connectivity index (χ0v) is 13.2. The molecule has 100 valence electrons. The highest BCUT2D eigenvalue weighted by molar-refractivity contribution is 9.10. The van der Waals surface area contributed by atoms with Gasteiger partial charge in [-0.3, -0.25) is 0 Å². The van der Waals surface area contributed by atoms with Crippen LogP contribution in [-0.4, -0.2) is 11.5 Å². The summed E-state index contributed by atoms with van der Waals surface area (Å²) >= 11 is 5.32. The van der Waals surface area contributed by atoms with E-state index in [0.717, 1.165) is 28.8 Å². The van der Waals surface area contributed by atoms with E-state index < -0.39 is 0 Å². The van der Waals surface area contributed by atoms with E-state index in [0.29, 0.717) is 12.6 Å². The minimum absolute atomic E-state index is 0.369. The number of fused-ring (bicyclic) bond motifs is 1. The Labute approximate surface area is 125 Å². The van der Waals surface area contributed by atoms with Gasteiger partial charge in [-0.05, 0) is 52.4 Å². The lowest BCUT2D eigenvalue weighted by molar-refractivity contribution is 0.621. The summed E-state index contributed by atoms with van der Waals surface area (Å²) in [7, 11) is 0. The maximum absolute atomic E-state index is 5.86. The number of halogens is 1. The molecule has 0 saturated carbocycles. The van der Waals surface area contributed by atoms with Gasteiger partial charge in [-0.25, -0.2) is 4.98 Å². The van der Waals surface area contributed by atoms with Crippen LogP contribution in [0.2, 0.25) is 0 Å². The molecule has 2 N–H and O–H groups in total. The molecule has 3 heterocycles. The topological polar surface area (TPSA) is 42.2 Å². The molecule has 0 spiro atoms. The second-order valence-electron chi connectivity index (χ2n) is 4.76. The van der Waals surface area contributed by atoms with Gasteiger partial charge in [0.05, 0.1) is 6.04 Å². The molecule has 1 atom stereocenters. The zero-order valence-electron chi connectivity index (χ0n) is 10.8.